The number of aromatic nitrogens is 1. The van der Waals surface area contributed by atoms with Gasteiger partial charge in [0, 0.05) is 24.0 Å². The zero-order valence-electron chi connectivity index (χ0n) is 16.7. The SMILES string of the molecule is Cc1cccc(NC(=O)c2cc(C(=O)NCCCc3ccccc3)ccn2)c1C. The number of rotatable bonds is 7. The van der Waals surface area contributed by atoms with Crippen LogP contribution in [0.5, 0.6) is 0 Å². The van der Waals surface area contributed by atoms with E-state index >= 15 is 0 Å². The molecular formula is C24H25N3O2. The molecule has 0 aliphatic carbocycles. The van der Waals surface area contributed by atoms with E-state index in [1.807, 2.05) is 50.2 Å². The summed E-state index contributed by atoms with van der Waals surface area (Å²) in [5, 5.41) is 5.77. The van der Waals surface area contributed by atoms with E-state index in [9.17, 15) is 9.59 Å². The smallest absolute Gasteiger partial charge is 0.274 e. The lowest BCUT2D eigenvalue weighted by molar-refractivity contribution is 0.0953. The predicted octanol–water partition coefficient (Wildman–Crippen LogP) is 4.31. The van der Waals surface area contributed by atoms with Crippen molar-refractivity contribution >= 4 is 17.5 Å². The molecule has 29 heavy (non-hydrogen) atoms. The largest absolute Gasteiger partial charge is 0.352 e. The van der Waals surface area contributed by atoms with Crippen LogP contribution in [0.1, 0.15) is 44.0 Å². The molecule has 2 aromatic carbocycles. The van der Waals surface area contributed by atoms with Crippen molar-refractivity contribution in [3.63, 3.8) is 0 Å². The number of pyridine rings is 1. The Bertz CT molecular complexity index is 1000. The summed E-state index contributed by atoms with van der Waals surface area (Å²) in [6, 6.07) is 19.0. The predicted molar refractivity (Wildman–Crippen MR) is 115 cm³/mol. The maximum absolute atomic E-state index is 12.6. The number of aryl methyl sites for hydroxylation is 2. The minimum absolute atomic E-state index is 0.207. The molecular weight excluding hydrogens is 362 g/mol. The first kappa shape index (κ1) is 20.3. The van der Waals surface area contributed by atoms with Crippen molar-refractivity contribution in [1.29, 1.82) is 0 Å². The van der Waals surface area contributed by atoms with Gasteiger partial charge in [-0.05, 0) is 61.6 Å². The summed E-state index contributed by atoms with van der Waals surface area (Å²) in [5.41, 5.74) is 4.73. The third kappa shape index (κ3) is 5.51. The molecule has 5 nitrogen and oxygen atoms in total. The number of benzene rings is 2. The fraction of sp³-hybridized carbons (Fsp3) is 0.208. The van der Waals surface area contributed by atoms with Crippen LogP contribution in [-0.4, -0.2) is 23.3 Å². The van der Waals surface area contributed by atoms with E-state index < -0.39 is 0 Å². The summed E-state index contributed by atoms with van der Waals surface area (Å²) in [4.78, 5) is 29.1. The summed E-state index contributed by atoms with van der Waals surface area (Å²) in [7, 11) is 0. The number of amides is 2. The van der Waals surface area contributed by atoms with Gasteiger partial charge in [0.2, 0.25) is 0 Å². The minimum atomic E-state index is -0.336. The van der Waals surface area contributed by atoms with E-state index in [0.717, 1.165) is 29.7 Å². The van der Waals surface area contributed by atoms with Crippen LogP contribution in [-0.2, 0) is 6.42 Å². The number of hydrogen-bond donors (Lipinski definition) is 2. The van der Waals surface area contributed by atoms with Gasteiger partial charge in [0.15, 0.2) is 0 Å². The van der Waals surface area contributed by atoms with Crippen LogP contribution < -0.4 is 10.6 Å². The number of hydrogen-bond acceptors (Lipinski definition) is 3. The third-order valence-electron chi connectivity index (χ3n) is 4.88. The first-order valence-electron chi connectivity index (χ1n) is 9.70. The first-order valence-corrected chi connectivity index (χ1v) is 9.70. The van der Waals surface area contributed by atoms with E-state index in [-0.39, 0.29) is 17.5 Å². The van der Waals surface area contributed by atoms with Gasteiger partial charge in [0.1, 0.15) is 5.69 Å². The number of carbonyl (C=O) groups is 2. The molecule has 0 aliphatic rings. The molecule has 0 radical (unpaired) electrons. The molecule has 0 atom stereocenters. The van der Waals surface area contributed by atoms with Gasteiger partial charge < -0.3 is 10.6 Å². The molecule has 2 amide bonds. The van der Waals surface area contributed by atoms with Crippen molar-refractivity contribution in [2.75, 3.05) is 11.9 Å². The average Bonchev–Trinajstić information content (AvgIpc) is 2.75. The number of nitrogens with one attached hydrogen (secondary N) is 2. The van der Waals surface area contributed by atoms with Gasteiger partial charge in [0.05, 0.1) is 0 Å². The molecule has 0 saturated carbocycles. The van der Waals surface area contributed by atoms with Crippen LogP contribution in [0.25, 0.3) is 0 Å². The van der Waals surface area contributed by atoms with Crippen molar-refractivity contribution in [2.24, 2.45) is 0 Å². The Morgan fingerprint density at radius 2 is 1.72 bits per heavy atom. The van der Waals surface area contributed by atoms with Crippen LogP contribution in [0.4, 0.5) is 5.69 Å². The van der Waals surface area contributed by atoms with Crippen molar-refractivity contribution in [1.82, 2.24) is 10.3 Å². The molecule has 2 N–H and O–H groups in total. The third-order valence-corrected chi connectivity index (χ3v) is 4.88. The number of carbonyl (C=O) groups excluding carboxylic acids is 2. The van der Waals surface area contributed by atoms with Crippen molar-refractivity contribution in [3.05, 3.63) is 94.8 Å². The van der Waals surface area contributed by atoms with Crippen molar-refractivity contribution in [2.45, 2.75) is 26.7 Å². The normalized spacial score (nSPS) is 10.4. The second kappa shape index (κ2) is 9.64. The summed E-state index contributed by atoms with van der Waals surface area (Å²) in [5.74, 6) is -0.543. The Morgan fingerprint density at radius 3 is 2.52 bits per heavy atom. The summed E-state index contributed by atoms with van der Waals surface area (Å²) >= 11 is 0. The Balaban J connectivity index is 1.57. The van der Waals surface area contributed by atoms with E-state index in [2.05, 4.69) is 27.8 Å². The summed E-state index contributed by atoms with van der Waals surface area (Å²) in [6.45, 7) is 4.52. The fourth-order valence-corrected chi connectivity index (χ4v) is 3.01. The van der Waals surface area contributed by atoms with Crippen LogP contribution in [0.15, 0.2) is 66.9 Å². The highest BCUT2D eigenvalue weighted by molar-refractivity contribution is 6.05. The second-order valence-electron chi connectivity index (χ2n) is 6.98. The molecule has 148 valence electrons. The zero-order valence-corrected chi connectivity index (χ0v) is 16.7. The molecule has 0 bridgehead atoms. The van der Waals surface area contributed by atoms with Crippen molar-refractivity contribution < 1.29 is 9.59 Å². The second-order valence-corrected chi connectivity index (χ2v) is 6.98. The Hall–Kier alpha value is -3.47. The van der Waals surface area contributed by atoms with Crippen LogP contribution in [0.3, 0.4) is 0 Å². The van der Waals surface area contributed by atoms with Crippen molar-refractivity contribution in [3.8, 4) is 0 Å². The van der Waals surface area contributed by atoms with Gasteiger partial charge >= 0.3 is 0 Å². The van der Waals surface area contributed by atoms with Crippen LogP contribution in [0.2, 0.25) is 0 Å². The topological polar surface area (TPSA) is 71.1 Å². The van der Waals surface area contributed by atoms with E-state index in [0.29, 0.717) is 12.1 Å². The molecule has 5 heteroatoms. The lowest BCUT2D eigenvalue weighted by Crippen LogP contribution is -2.25. The zero-order chi connectivity index (χ0) is 20.6. The van der Waals surface area contributed by atoms with E-state index in [4.69, 9.17) is 0 Å². The van der Waals surface area contributed by atoms with Gasteiger partial charge in [-0.15, -0.1) is 0 Å². The molecule has 1 heterocycles. The lowest BCUT2D eigenvalue weighted by Gasteiger charge is -2.10. The van der Waals surface area contributed by atoms with E-state index in [1.165, 1.54) is 17.8 Å². The molecule has 0 unspecified atom stereocenters. The van der Waals surface area contributed by atoms with Crippen LogP contribution in [0, 0.1) is 13.8 Å². The van der Waals surface area contributed by atoms with Crippen LogP contribution >= 0.6 is 0 Å². The van der Waals surface area contributed by atoms with Gasteiger partial charge in [-0.2, -0.15) is 0 Å². The Kier molecular flexibility index (Phi) is 6.74. The minimum Gasteiger partial charge on any atom is -0.352 e. The highest BCUT2D eigenvalue weighted by Gasteiger charge is 2.13. The maximum atomic E-state index is 12.6. The summed E-state index contributed by atoms with van der Waals surface area (Å²) < 4.78 is 0. The number of anilines is 1. The first-order chi connectivity index (χ1) is 14.0. The highest BCUT2D eigenvalue weighted by Crippen LogP contribution is 2.18. The number of nitrogens with zero attached hydrogens (tertiary/aromatic N) is 1. The average molecular weight is 387 g/mol. The Labute approximate surface area is 171 Å². The van der Waals surface area contributed by atoms with E-state index in [1.54, 1.807) is 6.07 Å². The standard InChI is InChI=1S/C24H25N3O2/c1-17-8-6-12-21(18(17)2)27-24(29)22-16-20(13-15-25-22)23(28)26-14-7-11-19-9-4-3-5-10-19/h3-6,8-10,12-13,15-16H,7,11,14H2,1-2H3,(H,26,28)(H,27,29). The fourth-order valence-electron chi connectivity index (χ4n) is 3.01. The molecule has 0 aliphatic heterocycles. The molecule has 0 fully saturated rings. The molecule has 1 aromatic heterocycles. The highest BCUT2D eigenvalue weighted by atomic mass is 16.2. The Morgan fingerprint density at radius 1 is 0.931 bits per heavy atom. The molecule has 3 aromatic rings. The van der Waals surface area contributed by atoms with Gasteiger partial charge in [-0.1, -0.05) is 42.5 Å². The van der Waals surface area contributed by atoms with Gasteiger partial charge in [0.25, 0.3) is 11.8 Å². The summed E-state index contributed by atoms with van der Waals surface area (Å²) in [6.07, 6.45) is 3.23. The molecule has 0 saturated heterocycles. The monoisotopic (exact) mass is 387 g/mol. The van der Waals surface area contributed by atoms with Gasteiger partial charge in [-0.3, -0.25) is 14.6 Å². The molecule has 0 spiro atoms. The van der Waals surface area contributed by atoms with Gasteiger partial charge in [-0.25, -0.2) is 0 Å². The maximum Gasteiger partial charge on any atom is 0.274 e. The quantitative estimate of drug-likeness (QED) is 0.593. The molecule has 3 rings (SSSR count). The lowest BCUT2D eigenvalue weighted by atomic mass is 10.1.